The molecule has 8 nitrogen and oxygen atoms in total. The van der Waals surface area contributed by atoms with Gasteiger partial charge in [0.05, 0.1) is 37.0 Å². The van der Waals surface area contributed by atoms with Gasteiger partial charge in [-0.05, 0) is 53.6 Å². The number of carbonyl (C=O) groups excluding carboxylic acids is 1. The lowest BCUT2D eigenvalue weighted by atomic mass is 10.0. The highest BCUT2D eigenvalue weighted by molar-refractivity contribution is 5.91. The number of hydrogen-bond donors (Lipinski definition) is 1. The average Bonchev–Trinajstić information content (AvgIpc) is 3.59. The molecule has 0 bridgehead atoms. The quantitative estimate of drug-likeness (QED) is 0.309. The van der Waals surface area contributed by atoms with Gasteiger partial charge in [0, 0.05) is 61.3 Å². The van der Waals surface area contributed by atoms with Crippen molar-refractivity contribution in [3.05, 3.63) is 85.0 Å². The van der Waals surface area contributed by atoms with Gasteiger partial charge >= 0.3 is 0 Å². The van der Waals surface area contributed by atoms with Crippen molar-refractivity contribution >= 4 is 22.6 Å². The highest BCUT2D eigenvalue weighted by atomic mass is 19.1. The number of nitrogens with one attached hydrogen (secondary N) is 1. The molecule has 0 spiro atoms. The van der Waals surface area contributed by atoms with Crippen molar-refractivity contribution in [2.24, 2.45) is 0 Å². The van der Waals surface area contributed by atoms with E-state index in [2.05, 4.69) is 20.3 Å². The van der Waals surface area contributed by atoms with E-state index in [1.54, 1.807) is 24.5 Å². The Morgan fingerprint density at radius 2 is 1.82 bits per heavy atom. The zero-order valence-electron chi connectivity index (χ0n) is 22.0. The van der Waals surface area contributed by atoms with E-state index in [0.29, 0.717) is 16.9 Å². The van der Waals surface area contributed by atoms with Crippen LogP contribution < -0.4 is 5.32 Å². The van der Waals surface area contributed by atoms with E-state index >= 15 is 0 Å². The standard InChI is InChI=1S/C30H28F2N6O2/c1-20(39)35-25-12-22(27-4-3-24(31)15-28(27)32)13-26(16-25)38-19-33-29-14-21(2-5-30(29)38)23-17-34-37(18-23)7-6-36-8-10-40-11-9-36/h2-5,12-19H,6-11H2,1H3,(H,35,39). The number of morpholine rings is 1. The second-order valence-electron chi connectivity index (χ2n) is 9.84. The number of fused-ring (bicyclic) bond motifs is 1. The van der Waals surface area contributed by atoms with E-state index < -0.39 is 11.6 Å². The summed E-state index contributed by atoms with van der Waals surface area (Å²) >= 11 is 0. The van der Waals surface area contributed by atoms with Crippen LogP contribution >= 0.6 is 0 Å². The largest absolute Gasteiger partial charge is 0.379 e. The molecule has 0 saturated carbocycles. The minimum atomic E-state index is -0.684. The van der Waals surface area contributed by atoms with Crippen LogP contribution in [0, 0.1) is 11.6 Å². The molecule has 1 aliphatic rings. The summed E-state index contributed by atoms with van der Waals surface area (Å²) in [5.74, 6) is -1.59. The fourth-order valence-corrected chi connectivity index (χ4v) is 5.01. The van der Waals surface area contributed by atoms with Gasteiger partial charge in [-0.15, -0.1) is 0 Å². The molecule has 0 aliphatic carbocycles. The summed E-state index contributed by atoms with van der Waals surface area (Å²) in [5, 5.41) is 7.31. The van der Waals surface area contributed by atoms with Crippen LogP contribution in [0.1, 0.15) is 6.92 Å². The molecule has 40 heavy (non-hydrogen) atoms. The molecule has 3 heterocycles. The van der Waals surface area contributed by atoms with Gasteiger partial charge in [-0.2, -0.15) is 5.10 Å². The van der Waals surface area contributed by atoms with Crippen LogP contribution in [0.3, 0.4) is 0 Å². The molecule has 0 radical (unpaired) electrons. The number of carbonyl (C=O) groups is 1. The number of amides is 1. The van der Waals surface area contributed by atoms with Crippen LogP contribution in [0.2, 0.25) is 0 Å². The third kappa shape index (κ3) is 5.49. The Balaban J connectivity index is 1.30. The van der Waals surface area contributed by atoms with Crippen molar-refractivity contribution in [3.8, 4) is 27.9 Å². The summed E-state index contributed by atoms with van der Waals surface area (Å²) in [5.41, 5.74) is 5.51. The first kappa shape index (κ1) is 25.8. The highest BCUT2D eigenvalue weighted by Gasteiger charge is 2.14. The van der Waals surface area contributed by atoms with Gasteiger partial charge in [-0.3, -0.25) is 18.9 Å². The number of imidazole rings is 1. The lowest BCUT2D eigenvalue weighted by Gasteiger charge is -2.26. The molecule has 1 aliphatic heterocycles. The summed E-state index contributed by atoms with van der Waals surface area (Å²) in [4.78, 5) is 18.8. The molecule has 0 unspecified atom stereocenters. The number of nitrogens with zero attached hydrogens (tertiary/aromatic N) is 5. The first-order chi connectivity index (χ1) is 19.4. The number of ether oxygens (including phenoxy) is 1. The predicted octanol–water partition coefficient (Wildman–Crippen LogP) is 5.12. The maximum absolute atomic E-state index is 14.6. The van der Waals surface area contributed by atoms with Gasteiger partial charge in [-0.25, -0.2) is 13.8 Å². The Morgan fingerprint density at radius 3 is 2.62 bits per heavy atom. The monoisotopic (exact) mass is 542 g/mol. The van der Waals surface area contributed by atoms with E-state index in [1.165, 1.54) is 19.1 Å². The zero-order valence-corrected chi connectivity index (χ0v) is 22.0. The van der Waals surface area contributed by atoms with E-state index in [-0.39, 0.29) is 11.5 Å². The van der Waals surface area contributed by atoms with E-state index in [4.69, 9.17) is 4.74 Å². The molecule has 1 amide bonds. The Hall–Kier alpha value is -4.41. The van der Waals surface area contributed by atoms with Crippen molar-refractivity contribution in [2.45, 2.75) is 13.5 Å². The highest BCUT2D eigenvalue weighted by Crippen LogP contribution is 2.31. The Bertz CT molecular complexity index is 1690. The summed E-state index contributed by atoms with van der Waals surface area (Å²) in [6.07, 6.45) is 5.59. The van der Waals surface area contributed by atoms with Crippen molar-refractivity contribution in [2.75, 3.05) is 38.2 Å². The first-order valence-electron chi connectivity index (χ1n) is 13.1. The number of anilines is 1. The summed E-state index contributed by atoms with van der Waals surface area (Å²) < 4.78 is 37.4. The minimum Gasteiger partial charge on any atom is -0.379 e. The maximum atomic E-state index is 14.6. The third-order valence-electron chi connectivity index (χ3n) is 7.02. The van der Waals surface area contributed by atoms with E-state index in [1.807, 2.05) is 39.8 Å². The van der Waals surface area contributed by atoms with Gasteiger partial charge in [0.2, 0.25) is 5.91 Å². The molecule has 1 fully saturated rings. The summed E-state index contributed by atoms with van der Waals surface area (Å²) in [6.45, 7) is 6.58. The normalized spacial score (nSPS) is 14.1. The molecular weight excluding hydrogens is 514 g/mol. The van der Waals surface area contributed by atoms with Gasteiger partial charge in [0.25, 0.3) is 0 Å². The Labute approximate surface area is 229 Å². The number of halogens is 2. The smallest absolute Gasteiger partial charge is 0.221 e. The van der Waals surface area contributed by atoms with Crippen LogP contribution in [0.15, 0.2) is 73.3 Å². The minimum absolute atomic E-state index is 0.229. The molecule has 0 atom stereocenters. The number of rotatable bonds is 7. The van der Waals surface area contributed by atoms with Crippen LogP contribution in [0.5, 0.6) is 0 Å². The topological polar surface area (TPSA) is 77.2 Å². The lowest BCUT2D eigenvalue weighted by molar-refractivity contribution is -0.114. The zero-order chi connectivity index (χ0) is 27.6. The second-order valence-corrected chi connectivity index (χ2v) is 9.84. The first-order valence-corrected chi connectivity index (χ1v) is 13.1. The maximum Gasteiger partial charge on any atom is 0.221 e. The van der Waals surface area contributed by atoms with Gasteiger partial charge in [-0.1, -0.05) is 6.07 Å². The van der Waals surface area contributed by atoms with Crippen LogP contribution in [0.25, 0.3) is 39.0 Å². The van der Waals surface area contributed by atoms with Crippen molar-refractivity contribution in [1.82, 2.24) is 24.2 Å². The number of benzene rings is 3. The molecule has 10 heteroatoms. The Kier molecular flexibility index (Phi) is 7.10. The molecule has 2 aromatic heterocycles. The molecule has 1 saturated heterocycles. The molecular formula is C30H28F2N6O2. The predicted molar refractivity (Wildman–Crippen MR) is 149 cm³/mol. The molecule has 3 aromatic carbocycles. The molecule has 5 aromatic rings. The summed E-state index contributed by atoms with van der Waals surface area (Å²) in [6, 6.07) is 14.7. The van der Waals surface area contributed by atoms with Crippen LogP contribution in [-0.2, 0) is 16.1 Å². The van der Waals surface area contributed by atoms with Gasteiger partial charge in [0.1, 0.15) is 18.0 Å². The fraction of sp³-hybridized carbons (Fsp3) is 0.233. The van der Waals surface area contributed by atoms with Gasteiger partial charge in [0.15, 0.2) is 0 Å². The average molecular weight is 543 g/mol. The van der Waals surface area contributed by atoms with E-state index in [0.717, 1.165) is 67.6 Å². The van der Waals surface area contributed by atoms with Crippen molar-refractivity contribution < 1.29 is 18.3 Å². The Morgan fingerprint density at radius 1 is 0.975 bits per heavy atom. The fourth-order valence-electron chi connectivity index (χ4n) is 5.01. The van der Waals surface area contributed by atoms with Crippen LogP contribution in [0.4, 0.5) is 14.5 Å². The lowest BCUT2D eigenvalue weighted by Crippen LogP contribution is -2.38. The van der Waals surface area contributed by atoms with Gasteiger partial charge < -0.3 is 10.1 Å². The molecule has 6 rings (SSSR count). The number of hydrogen-bond acceptors (Lipinski definition) is 5. The summed E-state index contributed by atoms with van der Waals surface area (Å²) in [7, 11) is 0. The number of aromatic nitrogens is 4. The molecule has 204 valence electrons. The van der Waals surface area contributed by atoms with E-state index in [9.17, 15) is 13.6 Å². The molecule has 1 N–H and O–H groups in total. The third-order valence-corrected chi connectivity index (χ3v) is 7.02. The van der Waals surface area contributed by atoms with Crippen LogP contribution in [-0.4, -0.2) is 63.0 Å². The van der Waals surface area contributed by atoms with Crippen molar-refractivity contribution in [3.63, 3.8) is 0 Å². The van der Waals surface area contributed by atoms with Crippen molar-refractivity contribution in [1.29, 1.82) is 0 Å². The SMILES string of the molecule is CC(=O)Nc1cc(-c2ccc(F)cc2F)cc(-n2cnc3cc(-c4cnn(CCN5CCOCC5)c4)ccc32)c1. The second kappa shape index (κ2) is 11.0.